The third-order valence-corrected chi connectivity index (χ3v) is 6.07. The van der Waals surface area contributed by atoms with Crippen molar-refractivity contribution in [1.29, 1.82) is 0 Å². The second-order valence-electron chi connectivity index (χ2n) is 8.14. The third kappa shape index (κ3) is 4.24. The fourth-order valence-electron chi connectivity index (χ4n) is 4.57. The molecule has 8 nitrogen and oxygen atoms in total. The molecule has 1 fully saturated rings. The van der Waals surface area contributed by atoms with Gasteiger partial charge in [-0.1, -0.05) is 24.3 Å². The number of nitrogens with zero attached hydrogens (tertiary/aromatic N) is 3. The molecule has 1 aromatic heterocycles. The first-order valence-corrected chi connectivity index (χ1v) is 10.4. The number of aliphatic hydroxyl groups is 1. The first-order chi connectivity index (χ1) is 14.5. The van der Waals surface area contributed by atoms with Crippen LogP contribution in [0.25, 0.3) is 0 Å². The summed E-state index contributed by atoms with van der Waals surface area (Å²) in [5.74, 6) is -0.299. The number of fused-ring (bicyclic) bond motifs is 2. The molecule has 1 saturated heterocycles. The summed E-state index contributed by atoms with van der Waals surface area (Å²) in [6, 6.07) is 8.22. The molecule has 8 heteroatoms. The Labute approximate surface area is 175 Å². The van der Waals surface area contributed by atoms with Gasteiger partial charge in [0.15, 0.2) is 0 Å². The summed E-state index contributed by atoms with van der Waals surface area (Å²) in [5.41, 5.74) is 2.83. The number of piperidine rings is 1. The van der Waals surface area contributed by atoms with Crippen LogP contribution in [0.3, 0.4) is 0 Å². The number of benzene rings is 1. The molecule has 0 radical (unpaired) electrons. The molecule has 1 unspecified atom stereocenters. The number of amides is 2. The van der Waals surface area contributed by atoms with Gasteiger partial charge in [0.25, 0.3) is 0 Å². The van der Waals surface area contributed by atoms with Crippen molar-refractivity contribution in [2.24, 2.45) is 7.05 Å². The molecule has 30 heavy (non-hydrogen) atoms. The van der Waals surface area contributed by atoms with E-state index in [-0.39, 0.29) is 24.3 Å². The Morgan fingerprint density at radius 3 is 2.77 bits per heavy atom. The van der Waals surface area contributed by atoms with E-state index in [1.807, 2.05) is 25.4 Å². The van der Waals surface area contributed by atoms with Crippen LogP contribution < -0.4 is 5.32 Å². The van der Waals surface area contributed by atoms with Gasteiger partial charge < -0.3 is 20.1 Å². The monoisotopic (exact) mass is 412 g/mol. The molecule has 3 heterocycles. The van der Waals surface area contributed by atoms with E-state index in [1.54, 1.807) is 15.8 Å². The van der Waals surface area contributed by atoms with Crippen LogP contribution in [0.15, 0.2) is 36.7 Å². The minimum Gasteiger partial charge on any atom is -0.387 e. The molecule has 160 valence electrons. The fourth-order valence-corrected chi connectivity index (χ4v) is 4.57. The van der Waals surface area contributed by atoms with Crippen molar-refractivity contribution < 1.29 is 19.4 Å². The van der Waals surface area contributed by atoms with E-state index in [9.17, 15) is 9.59 Å². The standard InChI is InChI=1S/C22H28N4O4/c1-25-14-16(13-24-25)12-23-20(28)11-18-10-17-4-2-3-5-19(17)22(30-18)6-8-26(9-7-22)21(29)15-27/h2-5,13-14,18,27H,6-12,15H2,1H3,(H,23,28). The van der Waals surface area contributed by atoms with Gasteiger partial charge in [0.05, 0.1) is 24.3 Å². The van der Waals surface area contributed by atoms with Gasteiger partial charge in [-0.25, -0.2) is 0 Å². The second kappa shape index (κ2) is 8.57. The largest absolute Gasteiger partial charge is 0.387 e. The summed E-state index contributed by atoms with van der Waals surface area (Å²) in [6.45, 7) is 1.05. The molecular weight excluding hydrogens is 384 g/mol. The number of hydrogen-bond acceptors (Lipinski definition) is 5. The Hall–Kier alpha value is -2.71. The summed E-state index contributed by atoms with van der Waals surface area (Å²) < 4.78 is 8.26. The quantitative estimate of drug-likeness (QED) is 0.760. The SMILES string of the molecule is Cn1cc(CNC(=O)CC2Cc3ccccc3C3(CCN(C(=O)CO)CC3)O2)cn1. The lowest BCUT2D eigenvalue weighted by Gasteiger charge is -2.47. The van der Waals surface area contributed by atoms with E-state index in [4.69, 9.17) is 9.84 Å². The fraction of sp³-hybridized carbons (Fsp3) is 0.500. The highest BCUT2D eigenvalue weighted by atomic mass is 16.5. The summed E-state index contributed by atoms with van der Waals surface area (Å²) in [4.78, 5) is 26.1. The average molecular weight is 412 g/mol. The zero-order chi connectivity index (χ0) is 21.1. The minimum atomic E-state index is -0.491. The topological polar surface area (TPSA) is 96.7 Å². The lowest BCUT2D eigenvalue weighted by Crippen LogP contribution is -2.51. The molecule has 0 bridgehead atoms. The van der Waals surface area contributed by atoms with Gasteiger partial charge in [-0.3, -0.25) is 14.3 Å². The zero-order valence-corrected chi connectivity index (χ0v) is 17.2. The van der Waals surface area contributed by atoms with Crippen LogP contribution in [0.5, 0.6) is 0 Å². The summed E-state index contributed by atoms with van der Waals surface area (Å²) >= 11 is 0. The van der Waals surface area contributed by atoms with Crippen molar-refractivity contribution in [3.63, 3.8) is 0 Å². The first-order valence-electron chi connectivity index (χ1n) is 10.4. The van der Waals surface area contributed by atoms with Gasteiger partial charge in [-0.2, -0.15) is 5.10 Å². The molecule has 1 spiro atoms. The summed E-state index contributed by atoms with van der Waals surface area (Å²) in [6.07, 6.45) is 5.70. The molecule has 2 aromatic rings. The molecule has 4 rings (SSSR count). The Morgan fingerprint density at radius 2 is 2.07 bits per heavy atom. The van der Waals surface area contributed by atoms with Crippen molar-refractivity contribution in [2.45, 2.75) is 43.9 Å². The van der Waals surface area contributed by atoms with Crippen molar-refractivity contribution in [1.82, 2.24) is 20.0 Å². The molecule has 2 aliphatic heterocycles. The molecule has 0 saturated carbocycles. The number of hydrogen-bond donors (Lipinski definition) is 2. The predicted octanol–water partition coefficient (Wildman–Crippen LogP) is 0.878. The van der Waals surface area contributed by atoms with Crippen LogP contribution in [0, 0.1) is 0 Å². The number of rotatable bonds is 5. The van der Waals surface area contributed by atoms with Crippen molar-refractivity contribution in [3.05, 3.63) is 53.3 Å². The number of carbonyl (C=O) groups is 2. The van der Waals surface area contributed by atoms with Gasteiger partial charge in [0.2, 0.25) is 11.8 Å². The van der Waals surface area contributed by atoms with Gasteiger partial charge in [0.1, 0.15) is 6.61 Å². The van der Waals surface area contributed by atoms with Crippen molar-refractivity contribution in [3.8, 4) is 0 Å². The molecule has 0 aliphatic carbocycles. The highest BCUT2D eigenvalue weighted by Crippen LogP contribution is 2.43. The molecule has 2 amide bonds. The van der Waals surface area contributed by atoms with Crippen LogP contribution in [0.2, 0.25) is 0 Å². The lowest BCUT2D eigenvalue weighted by molar-refractivity contribution is -0.158. The maximum atomic E-state index is 12.6. The van der Waals surface area contributed by atoms with E-state index < -0.39 is 12.2 Å². The Balaban J connectivity index is 1.43. The van der Waals surface area contributed by atoms with Gasteiger partial charge >= 0.3 is 0 Å². The van der Waals surface area contributed by atoms with Crippen LogP contribution in [-0.4, -0.2) is 57.4 Å². The minimum absolute atomic E-state index is 0.0497. The second-order valence-corrected chi connectivity index (χ2v) is 8.14. The number of ether oxygens (including phenoxy) is 1. The number of aryl methyl sites for hydroxylation is 1. The number of likely N-dealkylation sites (tertiary alicyclic amines) is 1. The Morgan fingerprint density at radius 1 is 1.30 bits per heavy atom. The molecule has 2 aliphatic rings. The maximum Gasteiger partial charge on any atom is 0.248 e. The molecule has 2 N–H and O–H groups in total. The van der Waals surface area contributed by atoms with E-state index in [0.717, 1.165) is 11.1 Å². The van der Waals surface area contributed by atoms with Crippen molar-refractivity contribution >= 4 is 11.8 Å². The lowest BCUT2D eigenvalue weighted by atomic mass is 9.78. The number of nitrogens with one attached hydrogen (secondary N) is 1. The normalized spacial score (nSPS) is 20.1. The van der Waals surface area contributed by atoms with Gasteiger partial charge in [-0.15, -0.1) is 0 Å². The van der Waals surface area contributed by atoms with Gasteiger partial charge in [0, 0.05) is 38.4 Å². The van der Waals surface area contributed by atoms with E-state index in [0.29, 0.717) is 38.9 Å². The van der Waals surface area contributed by atoms with E-state index >= 15 is 0 Å². The van der Waals surface area contributed by atoms with E-state index in [1.165, 1.54) is 5.56 Å². The molecule has 1 aromatic carbocycles. The number of carbonyl (C=O) groups excluding carboxylic acids is 2. The van der Waals surface area contributed by atoms with Crippen LogP contribution in [-0.2, 0) is 39.9 Å². The molecular formula is C22H28N4O4. The smallest absolute Gasteiger partial charge is 0.248 e. The van der Waals surface area contributed by atoms with E-state index in [2.05, 4.69) is 22.5 Å². The third-order valence-electron chi connectivity index (χ3n) is 6.07. The van der Waals surface area contributed by atoms with Gasteiger partial charge in [-0.05, 0) is 30.4 Å². The number of aliphatic hydroxyl groups excluding tert-OH is 1. The zero-order valence-electron chi connectivity index (χ0n) is 17.2. The average Bonchev–Trinajstić information content (AvgIpc) is 3.17. The summed E-state index contributed by atoms with van der Waals surface area (Å²) in [7, 11) is 1.84. The Bertz CT molecular complexity index is 917. The summed E-state index contributed by atoms with van der Waals surface area (Å²) in [5, 5.41) is 16.2. The highest BCUT2D eigenvalue weighted by molar-refractivity contribution is 5.77. The van der Waals surface area contributed by atoms with Crippen molar-refractivity contribution in [2.75, 3.05) is 19.7 Å². The Kier molecular flexibility index (Phi) is 5.87. The first kappa shape index (κ1) is 20.6. The van der Waals surface area contributed by atoms with Crippen LogP contribution in [0.1, 0.15) is 36.0 Å². The highest BCUT2D eigenvalue weighted by Gasteiger charge is 2.44. The predicted molar refractivity (Wildman–Crippen MR) is 109 cm³/mol. The van der Waals surface area contributed by atoms with Crippen LogP contribution >= 0.6 is 0 Å². The molecule has 1 atom stereocenters. The van der Waals surface area contributed by atoms with Crippen LogP contribution in [0.4, 0.5) is 0 Å². The number of aromatic nitrogens is 2. The maximum absolute atomic E-state index is 12.6.